The summed E-state index contributed by atoms with van der Waals surface area (Å²) in [7, 11) is 0. The van der Waals surface area contributed by atoms with Gasteiger partial charge in [0.2, 0.25) is 0 Å². The summed E-state index contributed by atoms with van der Waals surface area (Å²) in [5, 5.41) is 8.56. The molecule has 0 spiro atoms. The van der Waals surface area contributed by atoms with Crippen molar-refractivity contribution in [2.24, 2.45) is 17.8 Å². The van der Waals surface area contributed by atoms with Gasteiger partial charge in [0, 0.05) is 0 Å². The molecule has 0 aliphatic rings. The summed E-state index contributed by atoms with van der Waals surface area (Å²) < 4.78 is 0. The molecular weight excluding hydrogens is 128 g/mol. The third kappa shape index (κ3) is 2.38. The molecule has 0 saturated carbocycles. The second-order valence-corrected chi connectivity index (χ2v) is 3.03. The number of hydrogen-bond donors (Lipinski definition) is 1. The molecule has 0 fully saturated rings. The van der Waals surface area contributed by atoms with Crippen LogP contribution >= 0.6 is 0 Å². The summed E-state index contributed by atoms with van der Waals surface area (Å²) in [6, 6.07) is 0. The lowest BCUT2D eigenvalue weighted by Gasteiger charge is -2.18. The summed E-state index contributed by atoms with van der Waals surface area (Å²) in [4.78, 5) is 10.4. The molecule has 0 aromatic rings. The standard InChI is InChI=1S/C8H15O2/c1-5(2)6(3)7(4)8(9)10/h5-7H,3H2,1-2,4H3,(H,9,10). The molecular formula is C8H15O2. The highest BCUT2D eigenvalue weighted by Crippen LogP contribution is 2.19. The fourth-order valence-corrected chi connectivity index (χ4v) is 0.760. The highest BCUT2D eigenvalue weighted by molar-refractivity contribution is 5.69. The lowest BCUT2D eigenvalue weighted by Crippen LogP contribution is -2.22. The van der Waals surface area contributed by atoms with Gasteiger partial charge in [-0.05, 0) is 18.8 Å². The third-order valence-corrected chi connectivity index (χ3v) is 1.89. The van der Waals surface area contributed by atoms with Gasteiger partial charge in [-0.15, -0.1) is 0 Å². The SMILES string of the molecule is [CH2]C(C(C)C)C(C)C(=O)O. The van der Waals surface area contributed by atoms with E-state index in [2.05, 4.69) is 6.92 Å². The van der Waals surface area contributed by atoms with Crippen LogP contribution in [0.1, 0.15) is 20.8 Å². The molecule has 0 bridgehead atoms. The first-order valence-electron chi connectivity index (χ1n) is 3.52. The topological polar surface area (TPSA) is 37.3 Å². The highest BCUT2D eigenvalue weighted by atomic mass is 16.4. The van der Waals surface area contributed by atoms with Gasteiger partial charge in [-0.2, -0.15) is 0 Å². The van der Waals surface area contributed by atoms with E-state index < -0.39 is 5.97 Å². The van der Waals surface area contributed by atoms with E-state index in [-0.39, 0.29) is 11.8 Å². The largest absolute Gasteiger partial charge is 0.481 e. The molecule has 0 aliphatic carbocycles. The Labute approximate surface area is 62.2 Å². The van der Waals surface area contributed by atoms with Gasteiger partial charge in [-0.25, -0.2) is 0 Å². The number of hydrogen-bond acceptors (Lipinski definition) is 1. The molecule has 0 aromatic heterocycles. The summed E-state index contributed by atoms with van der Waals surface area (Å²) in [5.74, 6) is -0.739. The molecule has 59 valence electrons. The zero-order valence-corrected chi connectivity index (χ0v) is 6.79. The number of carboxylic acids is 1. The number of rotatable bonds is 3. The Kier molecular flexibility index (Phi) is 3.40. The molecule has 0 rings (SSSR count). The molecule has 2 nitrogen and oxygen atoms in total. The Bertz CT molecular complexity index is 118. The van der Waals surface area contributed by atoms with E-state index in [1.807, 2.05) is 13.8 Å². The van der Waals surface area contributed by atoms with Gasteiger partial charge in [-0.1, -0.05) is 20.8 Å². The minimum absolute atomic E-state index is 0.0116. The monoisotopic (exact) mass is 143 g/mol. The van der Waals surface area contributed by atoms with Crippen molar-refractivity contribution in [3.63, 3.8) is 0 Å². The van der Waals surface area contributed by atoms with E-state index in [1.165, 1.54) is 0 Å². The van der Waals surface area contributed by atoms with Crippen LogP contribution < -0.4 is 0 Å². The van der Waals surface area contributed by atoms with Crippen LogP contribution in [0, 0.1) is 24.7 Å². The van der Waals surface area contributed by atoms with Crippen LogP contribution in [0.4, 0.5) is 0 Å². The normalized spacial score (nSPS) is 16.9. The molecule has 2 unspecified atom stereocenters. The van der Waals surface area contributed by atoms with Gasteiger partial charge < -0.3 is 5.11 Å². The van der Waals surface area contributed by atoms with Crippen LogP contribution in [0.25, 0.3) is 0 Å². The number of carbonyl (C=O) groups is 1. The van der Waals surface area contributed by atoms with Crippen molar-refractivity contribution in [1.29, 1.82) is 0 Å². The molecule has 10 heavy (non-hydrogen) atoms. The maximum absolute atomic E-state index is 10.4. The zero-order valence-electron chi connectivity index (χ0n) is 6.79. The lowest BCUT2D eigenvalue weighted by atomic mass is 9.86. The number of carboxylic acid groups (broad SMARTS) is 1. The minimum Gasteiger partial charge on any atom is -0.481 e. The molecule has 1 N–H and O–H groups in total. The van der Waals surface area contributed by atoms with Crippen LogP contribution in [-0.4, -0.2) is 11.1 Å². The van der Waals surface area contributed by atoms with E-state index in [4.69, 9.17) is 5.11 Å². The summed E-state index contributed by atoms with van der Waals surface area (Å²) >= 11 is 0. The molecule has 1 radical (unpaired) electrons. The Morgan fingerprint density at radius 2 is 1.80 bits per heavy atom. The quantitative estimate of drug-likeness (QED) is 0.654. The van der Waals surface area contributed by atoms with E-state index in [0.29, 0.717) is 5.92 Å². The van der Waals surface area contributed by atoms with E-state index in [9.17, 15) is 4.79 Å². The molecule has 2 atom stereocenters. The lowest BCUT2D eigenvalue weighted by molar-refractivity contribution is -0.142. The van der Waals surface area contributed by atoms with Crippen LogP contribution in [0.3, 0.4) is 0 Å². The minimum atomic E-state index is -0.756. The van der Waals surface area contributed by atoms with Crippen molar-refractivity contribution in [1.82, 2.24) is 0 Å². The van der Waals surface area contributed by atoms with Crippen LogP contribution in [0.2, 0.25) is 0 Å². The van der Waals surface area contributed by atoms with Crippen molar-refractivity contribution < 1.29 is 9.90 Å². The predicted octanol–water partition coefficient (Wildman–Crippen LogP) is 1.81. The average molecular weight is 143 g/mol. The molecule has 0 heterocycles. The van der Waals surface area contributed by atoms with Crippen LogP contribution in [-0.2, 0) is 4.79 Å². The fraction of sp³-hybridized carbons (Fsp3) is 0.750. The average Bonchev–Trinajstić information content (AvgIpc) is 1.84. The zero-order chi connectivity index (χ0) is 8.31. The van der Waals surface area contributed by atoms with Gasteiger partial charge in [0.1, 0.15) is 0 Å². The maximum Gasteiger partial charge on any atom is 0.306 e. The number of aliphatic carboxylic acids is 1. The smallest absolute Gasteiger partial charge is 0.306 e. The van der Waals surface area contributed by atoms with E-state index in [0.717, 1.165) is 0 Å². The van der Waals surface area contributed by atoms with Gasteiger partial charge in [0.05, 0.1) is 5.92 Å². The first-order chi connectivity index (χ1) is 4.46. The van der Waals surface area contributed by atoms with Crippen molar-refractivity contribution in [2.45, 2.75) is 20.8 Å². The second kappa shape index (κ2) is 3.59. The second-order valence-electron chi connectivity index (χ2n) is 3.03. The van der Waals surface area contributed by atoms with Gasteiger partial charge >= 0.3 is 5.97 Å². The van der Waals surface area contributed by atoms with Crippen LogP contribution in [0.5, 0.6) is 0 Å². The van der Waals surface area contributed by atoms with E-state index in [1.54, 1.807) is 6.92 Å². The maximum atomic E-state index is 10.4. The van der Waals surface area contributed by atoms with E-state index >= 15 is 0 Å². The Balaban J connectivity index is 3.94. The Morgan fingerprint density at radius 1 is 1.40 bits per heavy atom. The van der Waals surface area contributed by atoms with Crippen molar-refractivity contribution in [3.05, 3.63) is 6.92 Å². The molecule has 0 aliphatic heterocycles. The Hall–Kier alpha value is -0.530. The van der Waals surface area contributed by atoms with Crippen LogP contribution in [0.15, 0.2) is 0 Å². The van der Waals surface area contributed by atoms with Crippen molar-refractivity contribution in [3.8, 4) is 0 Å². The van der Waals surface area contributed by atoms with Gasteiger partial charge in [0.25, 0.3) is 0 Å². The first-order valence-corrected chi connectivity index (χ1v) is 3.52. The third-order valence-electron chi connectivity index (χ3n) is 1.89. The predicted molar refractivity (Wildman–Crippen MR) is 40.5 cm³/mol. The van der Waals surface area contributed by atoms with Gasteiger partial charge in [0.15, 0.2) is 0 Å². The molecule has 0 aromatic carbocycles. The molecule has 2 heteroatoms. The summed E-state index contributed by atoms with van der Waals surface area (Å²) in [6.45, 7) is 9.44. The molecule has 0 amide bonds. The van der Waals surface area contributed by atoms with Crippen molar-refractivity contribution in [2.75, 3.05) is 0 Å². The fourth-order valence-electron chi connectivity index (χ4n) is 0.760. The summed E-state index contributed by atoms with van der Waals surface area (Å²) in [6.07, 6.45) is 0. The first kappa shape index (κ1) is 9.47. The Morgan fingerprint density at radius 3 is 1.90 bits per heavy atom. The highest BCUT2D eigenvalue weighted by Gasteiger charge is 2.21. The molecule has 0 saturated heterocycles. The van der Waals surface area contributed by atoms with Crippen molar-refractivity contribution >= 4 is 5.97 Å². The van der Waals surface area contributed by atoms with Gasteiger partial charge in [-0.3, -0.25) is 4.79 Å². The summed E-state index contributed by atoms with van der Waals surface area (Å²) in [5.41, 5.74) is 0.